The number of halogens is 1. The van der Waals surface area contributed by atoms with Crippen LogP contribution in [0.3, 0.4) is 0 Å². The topological polar surface area (TPSA) is 101 Å². The lowest BCUT2D eigenvalue weighted by atomic mass is 10.2. The lowest BCUT2D eigenvalue weighted by Gasteiger charge is -2.34. The Bertz CT molecular complexity index is 1490. The van der Waals surface area contributed by atoms with Crippen molar-refractivity contribution in [1.29, 1.82) is 0 Å². The average molecular weight is 456 g/mol. The Morgan fingerprint density at radius 3 is 2.56 bits per heavy atom. The number of benzene rings is 2. The zero-order valence-corrected chi connectivity index (χ0v) is 18.3. The predicted molar refractivity (Wildman–Crippen MR) is 128 cm³/mol. The lowest BCUT2D eigenvalue weighted by molar-refractivity contribution is 0.246. The number of anilines is 2. The van der Waals surface area contributed by atoms with Crippen LogP contribution in [0.25, 0.3) is 28.1 Å². The summed E-state index contributed by atoms with van der Waals surface area (Å²) in [6, 6.07) is 18.5. The smallest absolute Gasteiger partial charge is 0.259 e. The molecule has 34 heavy (non-hydrogen) atoms. The van der Waals surface area contributed by atoms with Crippen LogP contribution < -0.4 is 10.6 Å². The molecule has 3 aromatic heterocycles. The average Bonchev–Trinajstić information content (AvgIpc) is 3.30. The number of hydrogen-bond acceptors (Lipinski definition) is 8. The van der Waals surface area contributed by atoms with E-state index in [1.54, 1.807) is 12.1 Å². The molecule has 10 heteroatoms. The summed E-state index contributed by atoms with van der Waals surface area (Å²) in [4.78, 5) is 22.7. The third-order valence-corrected chi connectivity index (χ3v) is 6.00. The first-order valence-electron chi connectivity index (χ1n) is 11.1. The molecule has 170 valence electrons. The molecule has 1 fully saturated rings. The zero-order chi connectivity index (χ0) is 23.1. The van der Waals surface area contributed by atoms with E-state index in [-0.39, 0.29) is 11.8 Å². The van der Waals surface area contributed by atoms with Gasteiger partial charge in [-0.05, 0) is 24.3 Å². The molecule has 2 N–H and O–H groups in total. The lowest BCUT2D eigenvalue weighted by Crippen LogP contribution is -2.46. The van der Waals surface area contributed by atoms with Crippen molar-refractivity contribution in [3.05, 3.63) is 72.2 Å². The van der Waals surface area contributed by atoms with Gasteiger partial charge in [-0.2, -0.15) is 19.5 Å². The van der Waals surface area contributed by atoms with Gasteiger partial charge in [-0.3, -0.25) is 9.88 Å². The van der Waals surface area contributed by atoms with Gasteiger partial charge in [0.1, 0.15) is 5.82 Å². The van der Waals surface area contributed by atoms with Crippen molar-refractivity contribution in [2.24, 2.45) is 0 Å². The standard InChI is InChI=1S/C24H22FN9/c25-18-6-3-5-17(14-18)21-28-24-30-23(29-22(26)34(24)31-21)33-12-10-32(11-13-33)15-19-9-8-16-4-1-2-7-20(16)27-19/h1-9,14H,10-13,15H2,(H2,26,28,29,30,31). The highest BCUT2D eigenvalue weighted by molar-refractivity contribution is 5.78. The normalized spacial score (nSPS) is 14.8. The highest BCUT2D eigenvalue weighted by atomic mass is 19.1. The largest absolute Gasteiger partial charge is 0.368 e. The Labute approximate surface area is 194 Å². The quantitative estimate of drug-likeness (QED) is 0.442. The van der Waals surface area contributed by atoms with E-state index >= 15 is 0 Å². The summed E-state index contributed by atoms with van der Waals surface area (Å²) in [6.07, 6.45) is 0. The van der Waals surface area contributed by atoms with Gasteiger partial charge in [0, 0.05) is 43.7 Å². The fraction of sp³-hybridized carbons (Fsp3) is 0.208. The van der Waals surface area contributed by atoms with Crippen molar-refractivity contribution in [2.75, 3.05) is 36.8 Å². The molecule has 0 aliphatic carbocycles. The molecule has 1 saturated heterocycles. The van der Waals surface area contributed by atoms with E-state index in [1.807, 2.05) is 18.2 Å². The number of nitrogen functional groups attached to an aromatic ring is 1. The molecule has 6 rings (SSSR count). The van der Waals surface area contributed by atoms with Crippen LogP contribution in [-0.2, 0) is 6.54 Å². The Morgan fingerprint density at radius 2 is 1.71 bits per heavy atom. The van der Waals surface area contributed by atoms with Gasteiger partial charge in [0.2, 0.25) is 11.9 Å². The van der Waals surface area contributed by atoms with E-state index in [2.05, 4.69) is 48.0 Å². The van der Waals surface area contributed by atoms with Crippen molar-refractivity contribution in [3.63, 3.8) is 0 Å². The fourth-order valence-corrected chi connectivity index (χ4v) is 4.22. The summed E-state index contributed by atoms with van der Waals surface area (Å²) in [6.45, 7) is 4.01. The van der Waals surface area contributed by atoms with Crippen molar-refractivity contribution in [3.8, 4) is 11.4 Å². The molecule has 5 aromatic rings. The molecule has 1 aliphatic heterocycles. The minimum Gasteiger partial charge on any atom is -0.368 e. The van der Waals surface area contributed by atoms with Crippen LogP contribution in [0.4, 0.5) is 16.3 Å². The molecule has 1 aliphatic rings. The zero-order valence-electron chi connectivity index (χ0n) is 18.3. The van der Waals surface area contributed by atoms with Crippen molar-refractivity contribution in [1.82, 2.24) is 34.4 Å². The fourth-order valence-electron chi connectivity index (χ4n) is 4.22. The van der Waals surface area contributed by atoms with Crippen LogP contribution in [0.15, 0.2) is 60.7 Å². The van der Waals surface area contributed by atoms with Crippen LogP contribution in [0.1, 0.15) is 5.69 Å². The second-order valence-electron chi connectivity index (χ2n) is 8.30. The Morgan fingerprint density at radius 1 is 0.853 bits per heavy atom. The number of pyridine rings is 1. The summed E-state index contributed by atoms with van der Waals surface area (Å²) in [7, 11) is 0. The van der Waals surface area contributed by atoms with Gasteiger partial charge in [-0.15, -0.1) is 5.10 Å². The molecule has 0 unspecified atom stereocenters. The molecule has 0 atom stereocenters. The van der Waals surface area contributed by atoms with Crippen molar-refractivity contribution >= 4 is 28.6 Å². The number of para-hydroxylation sites is 1. The molecule has 0 radical (unpaired) electrons. The summed E-state index contributed by atoms with van der Waals surface area (Å²) >= 11 is 0. The number of aromatic nitrogens is 6. The Balaban J connectivity index is 1.17. The van der Waals surface area contributed by atoms with Gasteiger partial charge in [-0.25, -0.2) is 4.39 Å². The third-order valence-electron chi connectivity index (χ3n) is 6.00. The summed E-state index contributed by atoms with van der Waals surface area (Å²) in [5, 5.41) is 5.49. The van der Waals surface area contributed by atoms with Crippen LogP contribution in [0.5, 0.6) is 0 Å². The van der Waals surface area contributed by atoms with Crippen LogP contribution in [-0.4, -0.2) is 60.6 Å². The highest BCUT2D eigenvalue weighted by Crippen LogP contribution is 2.20. The predicted octanol–water partition coefficient (Wildman–Crippen LogP) is 2.78. The van der Waals surface area contributed by atoms with E-state index in [0.29, 0.717) is 23.1 Å². The number of hydrogen-bond donors (Lipinski definition) is 1. The van der Waals surface area contributed by atoms with Crippen LogP contribution in [0.2, 0.25) is 0 Å². The molecule has 4 heterocycles. The van der Waals surface area contributed by atoms with Crippen molar-refractivity contribution in [2.45, 2.75) is 6.54 Å². The molecule has 9 nitrogen and oxygen atoms in total. The first kappa shape index (κ1) is 20.4. The molecular formula is C24H22FN9. The first-order chi connectivity index (χ1) is 16.6. The molecule has 0 bridgehead atoms. The summed E-state index contributed by atoms with van der Waals surface area (Å²) < 4.78 is 15.0. The number of piperazine rings is 1. The van der Waals surface area contributed by atoms with Gasteiger partial charge in [-0.1, -0.05) is 36.4 Å². The maximum absolute atomic E-state index is 13.6. The molecule has 0 amide bonds. The molecular weight excluding hydrogens is 433 g/mol. The van der Waals surface area contributed by atoms with E-state index in [1.165, 1.54) is 16.6 Å². The maximum atomic E-state index is 13.6. The minimum absolute atomic E-state index is 0.193. The monoisotopic (exact) mass is 455 g/mol. The molecule has 0 saturated carbocycles. The summed E-state index contributed by atoms with van der Waals surface area (Å²) in [5.41, 5.74) is 8.78. The van der Waals surface area contributed by atoms with Gasteiger partial charge in [0.15, 0.2) is 5.82 Å². The number of rotatable bonds is 4. The van der Waals surface area contributed by atoms with E-state index in [9.17, 15) is 4.39 Å². The second kappa shape index (κ2) is 8.31. The van der Waals surface area contributed by atoms with E-state index in [4.69, 9.17) is 10.7 Å². The van der Waals surface area contributed by atoms with Gasteiger partial charge in [0.25, 0.3) is 5.78 Å². The second-order valence-corrected chi connectivity index (χ2v) is 8.30. The SMILES string of the molecule is Nc1nc(N2CCN(Cc3ccc4ccccc4n3)CC2)nc2nc(-c3cccc(F)c3)nn12. The van der Waals surface area contributed by atoms with Crippen molar-refractivity contribution < 1.29 is 4.39 Å². The maximum Gasteiger partial charge on any atom is 0.259 e. The number of nitrogens with two attached hydrogens (primary N) is 1. The van der Waals surface area contributed by atoms with E-state index < -0.39 is 0 Å². The Kier molecular flexibility index (Phi) is 4.99. The first-order valence-corrected chi connectivity index (χ1v) is 11.1. The van der Waals surface area contributed by atoms with E-state index in [0.717, 1.165) is 49.3 Å². The highest BCUT2D eigenvalue weighted by Gasteiger charge is 2.22. The minimum atomic E-state index is -0.354. The van der Waals surface area contributed by atoms with Gasteiger partial charge < -0.3 is 10.6 Å². The Hall–Kier alpha value is -4.18. The van der Waals surface area contributed by atoms with Gasteiger partial charge in [0.05, 0.1) is 11.2 Å². The number of fused-ring (bicyclic) bond motifs is 2. The summed E-state index contributed by atoms with van der Waals surface area (Å²) in [5.74, 6) is 1.05. The third kappa shape index (κ3) is 3.88. The van der Waals surface area contributed by atoms with Crippen LogP contribution >= 0.6 is 0 Å². The van der Waals surface area contributed by atoms with Crippen LogP contribution in [0, 0.1) is 5.82 Å². The number of nitrogens with zero attached hydrogens (tertiary/aromatic N) is 8. The van der Waals surface area contributed by atoms with Gasteiger partial charge >= 0.3 is 0 Å². The molecule has 0 spiro atoms. The molecule has 2 aromatic carbocycles.